The van der Waals surface area contributed by atoms with E-state index in [2.05, 4.69) is 20.9 Å². The second-order valence-corrected chi connectivity index (χ2v) is 3.98. The third-order valence-electron chi connectivity index (χ3n) is 2.08. The Hall–Kier alpha value is -1.48. The normalized spacial score (nSPS) is 9.93. The lowest BCUT2D eigenvalue weighted by molar-refractivity contribution is 0.112. The molecule has 0 spiro atoms. The number of hydrogen-bond acceptors (Lipinski definition) is 2. The van der Waals surface area contributed by atoms with Crippen molar-refractivity contribution < 1.29 is 4.79 Å². The van der Waals surface area contributed by atoms with E-state index in [1.807, 2.05) is 24.3 Å². The van der Waals surface area contributed by atoms with E-state index >= 15 is 0 Å². The average Bonchev–Trinajstić information content (AvgIpc) is 2.30. The minimum atomic E-state index is 0.611. The molecule has 0 bridgehead atoms. The Labute approximate surface area is 96.1 Å². The minimum absolute atomic E-state index is 0.611. The Morgan fingerprint density at radius 2 is 1.87 bits per heavy atom. The SMILES string of the molecule is O=Cc1cccnc1-c1ccc(Br)cc1. The molecule has 74 valence electrons. The first-order valence-electron chi connectivity index (χ1n) is 4.47. The van der Waals surface area contributed by atoms with Crippen molar-refractivity contribution in [3.8, 4) is 11.3 Å². The zero-order chi connectivity index (χ0) is 10.7. The highest BCUT2D eigenvalue weighted by molar-refractivity contribution is 9.10. The van der Waals surface area contributed by atoms with E-state index in [0.717, 1.165) is 22.0 Å². The number of carbonyl (C=O) groups is 1. The fourth-order valence-electron chi connectivity index (χ4n) is 1.36. The third-order valence-corrected chi connectivity index (χ3v) is 2.61. The zero-order valence-electron chi connectivity index (χ0n) is 7.85. The molecule has 0 amide bonds. The smallest absolute Gasteiger partial charge is 0.152 e. The molecule has 0 atom stereocenters. The van der Waals surface area contributed by atoms with Crippen LogP contribution >= 0.6 is 15.9 Å². The van der Waals surface area contributed by atoms with Crippen LogP contribution in [0.15, 0.2) is 47.1 Å². The van der Waals surface area contributed by atoms with Gasteiger partial charge in [0.1, 0.15) is 0 Å². The van der Waals surface area contributed by atoms with E-state index in [9.17, 15) is 4.79 Å². The van der Waals surface area contributed by atoms with Gasteiger partial charge in [-0.25, -0.2) is 0 Å². The van der Waals surface area contributed by atoms with Crippen molar-refractivity contribution in [2.24, 2.45) is 0 Å². The molecule has 2 nitrogen and oxygen atoms in total. The molecule has 0 aliphatic heterocycles. The van der Waals surface area contributed by atoms with Crippen LogP contribution in [0, 0.1) is 0 Å². The molecule has 0 saturated heterocycles. The van der Waals surface area contributed by atoms with Crippen molar-refractivity contribution in [1.82, 2.24) is 4.98 Å². The Kier molecular flexibility index (Phi) is 2.92. The van der Waals surface area contributed by atoms with Crippen LogP contribution in [-0.2, 0) is 0 Å². The summed E-state index contributed by atoms with van der Waals surface area (Å²) in [5.74, 6) is 0. The van der Waals surface area contributed by atoms with E-state index in [4.69, 9.17) is 0 Å². The van der Waals surface area contributed by atoms with Crippen LogP contribution in [0.3, 0.4) is 0 Å². The number of hydrogen-bond donors (Lipinski definition) is 0. The number of benzene rings is 1. The summed E-state index contributed by atoms with van der Waals surface area (Å²) in [6.45, 7) is 0. The van der Waals surface area contributed by atoms with Gasteiger partial charge in [-0.1, -0.05) is 28.1 Å². The molecule has 1 heterocycles. The van der Waals surface area contributed by atoms with Gasteiger partial charge in [0.15, 0.2) is 6.29 Å². The Morgan fingerprint density at radius 1 is 1.13 bits per heavy atom. The number of rotatable bonds is 2. The second kappa shape index (κ2) is 4.36. The largest absolute Gasteiger partial charge is 0.298 e. The molecule has 2 rings (SSSR count). The molecule has 1 aromatic heterocycles. The molecule has 0 unspecified atom stereocenters. The van der Waals surface area contributed by atoms with Gasteiger partial charge in [0, 0.05) is 21.8 Å². The summed E-state index contributed by atoms with van der Waals surface area (Å²) < 4.78 is 1.01. The van der Waals surface area contributed by atoms with Gasteiger partial charge < -0.3 is 0 Å². The molecule has 2 aromatic rings. The van der Waals surface area contributed by atoms with E-state index in [1.54, 1.807) is 18.3 Å². The predicted molar refractivity (Wildman–Crippen MR) is 62.8 cm³/mol. The van der Waals surface area contributed by atoms with Crippen LogP contribution in [0.2, 0.25) is 0 Å². The quantitative estimate of drug-likeness (QED) is 0.777. The van der Waals surface area contributed by atoms with Crippen LogP contribution in [0.1, 0.15) is 10.4 Å². The predicted octanol–water partition coefficient (Wildman–Crippen LogP) is 3.32. The third kappa shape index (κ3) is 2.13. The monoisotopic (exact) mass is 261 g/mol. The van der Waals surface area contributed by atoms with Gasteiger partial charge in [-0.3, -0.25) is 9.78 Å². The summed E-state index contributed by atoms with van der Waals surface area (Å²) in [5, 5.41) is 0. The van der Waals surface area contributed by atoms with E-state index < -0.39 is 0 Å². The number of carbonyl (C=O) groups excluding carboxylic acids is 1. The van der Waals surface area contributed by atoms with E-state index in [1.165, 1.54) is 0 Å². The van der Waals surface area contributed by atoms with Crippen LogP contribution < -0.4 is 0 Å². The molecule has 0 radical (unpaired) electrons. The van der Waals surface area contributed by atoms with E-state index in [-0.39, 0.29) is 0 Å². The molecule has 0 aliphatic carbocycles. The molecule has 3 heteroatoms. The first kappa shape index (κ1) is 10.1. The lowest BCUT2D eigenvalue weighted by Gasteiger charge is -2.03. The van der Waals surface area contributed by atoms with Crippen LogP contribution in [0.4, 0.5) is 0 Å². The van der Waals surface area contributed by atoms with Crippen molar-refractivity contribution in [2.75, 3.05) is 0 Å². The molecule has 0 N–H and O–H groups in total. The van der Waals surface area contributed by atoms with Crippen molar-refractivity contribution in [1.29, 1.82) is 0 Å². The van der Waals surface area contributed by atoms with Gasteiger partial charge in [0.05, 0.1) is 5.69 Å². The van der Waals surface area contributed by atoms with Gasteiger partial charge in [-0.2, -0.15) is 0 Å². The topological polar surface area (TPSA) is 30.0 Å². The summed E-state index contributed by atoms with van der Waals surface area (Å²) in [5.41, 5.74) is 2.28. The maximum absolute atomic E-state index is 10.8. The highest BCUT2D eigenvalue weighted by Gasteiger charge is 2.04. The zero-order valence-corrected chi connectivity index (χ0v) is 9.44. The number of aromatic nitrogens is 1. The minimum Gasteiger partial charge on any atom is -0.298 e. The Morgan fingerprint density at radius 3 is 2.53 bits per heavy atom. The molecule has 15 heavy (non-hydrogen) atoms. The maximum atomic E-state index is 10.8. The molecule has 0 aliphatic rings. The first-order valence-corrected chi connectivity index (χ1v) is 5.26. The standard InChI is InChI=1S/C12H8BrNO/c13-11-5-3-9(4-6-11)12-10(8-15)2-1-7-14-12/h1-8H. The van der Waals surface area contributed by atoms with Crippen molar-refractivity contribution in [3.05, 3.63) is 52.6 Å². The molecule has 0 fully saturated rings. The summed E-state index contributed by atoms with van der Waals surface area (Å²) >= 11 is 3.36. The number of halogens is 1. The Bertz CT molecular complexity index is 479. The summed E-state index contributed by atoms with van der Waals surface area (Å²) in [7, 11) is 0. The van der Waals surface area contributed by atoms with Crippen LogP contribution in [0.5, 0.6) is 0 Å². The lowest BCUT2D eigenvalue weighted by Crippen LogP contribution is -1.90. The summed E-state index contributed by atoms with van der Waals surface area (Å²) in [6, 6.07) is 11.2. The fraction of sp³-hybridized carbons (Fsp3) is 0. The van der Waals surface area contributed by atoms with Crippen molar-refractivity contribution >= 4 is 22.2 Å². The number of nitrogens with zero attached hydrogens (tertiary/aromatic N) is 1. The van der Waals surface area contributed by atoms with Gasteiger partial charge in [0.2, 0.25) is 0 Å². The highest BCUT2D eigenvalue weighted by Crippen LogP contribution is 2.21. The van der Waals surface area contributed by atoms with E-state index in [0.29, 0.717) is 5.56 Å². The average molecular weight is 262 g/mol. The number of aldehydes is 1. The summed E-state index contributed by atoms with van der Waals surface area (Å²) in [4.78, 5) is 15.0. The molecular weight excluding hydrogens is 254 g/mol. The highest BCUT2D eigenvalue weighted by atomic mass is 79.9. The van der Waals surface area contributed by atoms with Gasteiger partial charge in [0.25, 0.3) is 0 Å². The summed E-state index contributed by atoms with van der Waals surface area (Å²) in [6.07, 6.45) is 2.51. The molecular formula is C12H8BrNO. The second-order valence-electron chi connectivity index (χ2n) is 3.07. The molecule has 1 aromatic carbocycles. The molecule has 0 saturated carbocycles. The van der Waals surface area contributed by atoms with Gasteiger partial charge in [-0.15, -0.1) is 0 Å². The maximum Gasteiger partial charge on any atom is 0.152 e. The van der Waals surface area contributed by atoms with Gasteiger partial charge in [-0.05, 0) is 24.3 Å². The van der Waals surface area contributed by atoms with Crippen LogP contribution in [-0.4, -0.2) is 11.3 Å². The van der Waals surface area contributed by atoms with Crippen molar-refractivity contribution in [2.45, 2.75) is 0 Å². The lowest BCUT2D eigenvalue weighted by atomic mass is 10.1. The number of pyridine rings is 1. The van der Waals surface area contributed by atoms with Crippen LogP contribution in [0.25, 0.3) is 11.3 Å². The first-order chi connectivity index (χ1) is 7.31. The van der Waals surface area contributed by atoms with Crippen molar-refractivity contribution in [3.63, 3.8) is 0 Å². The van der Waals surface area contributed by atoms with Gasteiger partial charge >= 0.3 is 0 Å². The Balaban J connectivity index is 2.53. The fourth-order valence-corrected chi connectivity index (χ4v) is 1.63.